The van der Waals surface area contributed by atoms with Crippen LogP contribution < -0.4 is 10.1 Å². The smallest absolute Gasteiger partial charge is 0.138 e. The first-order valence-corrected chi connectivity index (χ1v) is 8.75. The summed E-state index contributed by atoms with van der Waals surface area (Å²) < 4.78 is 11.7. The molecule has 1 aromatic carbocycles. The van der Waals surface area contributed by atoms with Gasteiger partial charge in [0.1, 0.15) is 12.4 Å². The molecule has 1 aliphatic carbocycles. The Hall–Kier alpha value is -0.810. The average Bonchev–Trinajstić information content (AvgIpc) is 3.05. The van der Waals surface area contributed by atoms with Crippen molar-refractivity contribution < 1.29 is 14.6 Å². The maximum absolute atomic E-state index is 9.77. The first-order chi connectivity index (χ1) is 10.9. The molecular formula is C18H26ClNO3. The van der Waals surface area contributed by atoms with Crippen LogP contribution in [-0.2, 0) is 11.3 Å². The zero-order valence-corrected chi connectivity index (χ0v) is 14.6. The molecule has 0 spiro atoms. The summed E-state index contributed by atoms with van der Waals surface area (Å²) in [7, 11) is 0. The predicted octanol–water partition coefficient (Wildman–Crippen LogP) is 3.00. The third-order valence-electron chi connectivity index (χ3n) is 4.71. The van der Waals surface area contributed by atoms with E-state index in [0.29, 0.717) is 23.5 Å². The van der Waals surface area contributed by atoms with Crippen molar-refractivity contribution in [3.8, 4) is 5.75 Å². The van der Waals surface area contributed by atoms with E-state index in [1.54, 1.807) is 13.8 Å². The molecule has 0 amide bonds. The fourth-order valence-corrected chi connectivity index (χ4v) is 3.72. The quantitative estimate of drug-likeness (QED) is 0.836. The molecule has 1 unspecified atom stereocenters. The highest BCUT2D eigenvalue weighted by Crippen LogP contribution is 2.37. The summed E-state index contributed by atoms with van der Waals surface area (Å²) in [4.78, 5) is 0. The Morgan fingerprint density at radius 2 is 1.96 bits per heavy atom. The first-order valence-electron chi connectivity index (χ1n) is 8.37. The Kier molecular flexibility index (Phi) is 5.16. The minimum atomic E-state index is -0.883. The lowest BCUT2D eigenvalue weighted by Crippen LogP contribution is -2.28. The molecule has 1 heterocycles. The van der Waals surface area contributed by atoms with Gasteiger partial charge >= 0.3 is 0 Å². The number of rotatable bonds is 6. The van der Waals surface area contributed by atoms with E-state index in [2.05, 4.69) is 5.32 Å². The molecular weight excluding hydrogens is 314 g/mol. The molecule has 1 aromatic rings. The van der Waals surface area contributed by atoms with Crippen LogP contribution in [0, 0.1) is 11.8 Å². The van der Waals surface area contributed by atoms with Crippen molar-refractivity contribution in [2.24, 2.45) is 11.8 Å². The number of hydrogen-bond acceptors (Lipinski definition) is 4. The van der Waals surface area contributed by atoms with E-state index in [1.807, 2.05) is 18.2 Å². The van der Waals surface area contributed by atoms with Gasteiger partial charge in [-0.3, -0.25) is 0 Å². The highest BCUT2D eigenvalue weighted by atomic mass is 35.5. The third-order valence-corrected chi connectivity index (χ3v) is 5.14. The predicted molar refractivity (Wildman–Crippen MR) is 90.9 cm³/mol. The van der Waals surface area contributed by atoms with Crippen LogP contribution in [0.3, 0.4) is 0 Å². The summed E-state index contributed by atoms with van der Waals surface area (Å²) in [5, 5.41) is 13.8. The van der Waals surface area contributed by atoms with E-state index in [0.717, 1.165) is 43.3 Å². The molecule has 3 atom stereocenters. The Bertz CT molecular complexity index is 532. The number of benzene rings is 1. The molecule has 1 saturated carbocycles. The summed E-state index contributed by atoms with van der Waals surface area (Å²) in [5.41, 5.74) is 0.0565. The maximum Gasteiger partial charge on any atom is 0.138 e. The number of hydrogen-bond donors (Lipinski definition) is 2. The van der Waals surface area contributed by atoms with Gasteiger partial charge < -0.3 is 19.9 Å². The Morgan fingerprint density at radius 1 is 1.26 bits per heavy atom. The topological polar surface area (TPSA) is 50.7 Å². The molecule has 1 aliphatic heterocycles. The van der Waals surface area contributed by atoms with E-state index < -0.39 is 5.60 Å². The van der Waals surface area contributed by atoms with Gasteiger partial charge in [0.05, 0.1) is 23.3 Å². The van der Waals surface area contributed by atoms with Gasteiger partial charge in [-0.1, -0.05) is 23.7 Å². The van der Waals surface area contributed by atoms with Crippen LogP contribution in [-0.4, -0.2) is 36.5 Å². The number of nitrogens with one attached hydrogen (secondary N) is 1. The monoisotopic (exact) mass is 339 g/mol. The lowest BCUT2D eigenvalue weighted by atomic mass is 10.0. The van der Waals surface area contributed by atoms with Gasteiger partial charge in [-0.15, -0.1) is 0 Å². The Morgan fingerprint density at radius 3 is 2.61 bits per heavy atom. The molecule has 4 nitrogen and oxygen atoms in total. The average molecular weight is 340 g/mol. The summed E-state index contributed by atoms with van der Waals surface area (Å²) in [5.74, 6) is 2.15. The molecule has 2 fully saturated rings. The molecule has 23 heavy (non-hydrogen) atoms. The van der Waals surface area contributed by atoms with Gasteiger partial charge in [-0.2, -0.15) is 0 Å². The number of ether oxygens (including phenoxy) is 2. The van der Waals surface area contributed by atoms with Gasteiger partial charge in [0.2, 0.25) is 0 Å². The van der Waals surface area contributed by atoms with Crippen LogP contribution in [0.2, 0.25) is 5.02 Å². The Balaban J connectivity index is 1.56. The van der Waals surface area contributed by atoms with E-state index >= 15 is 0 Å². The molecule has 0 aromatic heterocycles. The lowest BCUT2D eigenvalue weighted by molar-refractivity contribution is 0.0280. The van der Waals surface area contributed by atoms with Crippen molar-refractivity contribution in [3.05, 3.63) is 28.8 Å². The molecule has 128 valence electrons. The molecule has 0 radical (unpaired) electrons. The van der Waals surface area contributed by atoms with Gasteiger partial charge in [0.15, 0.2) is 0 Å². The largest absolute Gasteiger partial charge is 0.489 e. The molecule has 1 saturated heterocycles. The second-order valence-corrected chi connectivity index (χ2v) is 7.79. The number of aliphatic hydroxyl groups is 1. The SMILES string of the molecule is CC(C)(O)COc1cccc(COC2C[C@H]3CNC[C@H]3C2)c1Cl. The third kappa shape index (κ3) is 4.38. The van der Waals surface area contributed by atoms with Crippen molar-refractivity contribution in [3.63, 3.8) is 0 Å². The van der Waals surface area contributed by atoms with Crippen molar-refractivity contribution in [1.29, 1.82) is 0 Å². The summed E-state index contributed by atoms with van der Waals surface area (Å²) in [6, 6.07) is 5.71. The minimum Gasteiger partial charge on any atom is -0.489 e. The fraction of sp³-hybridized carbons (Fsp3) is 0.667. The van der Waals surface area contributed by atoms with Crippen LogP contribution in [0.1, 0.15) is 32.3 Å². The standard InChI is InChI=1S/C18H26ClNO3/c1-18(2,21)11-23-16-5-3-4-12(17(16)19)10-22-15-6-13-8-20-9-14(13)7-15/h3-5,13-15,20-21H,6-11H2,1-2H3/t13-,14+,15?. The van der Waals surface area contributed by atoms with Gasteiger partial charge in [0.25, 0.3) is 0 Å². The second-order valence-electron chi connectivity index (χ2n) is 7.41. The van der Waals surface area contributed by atoms with Crippen molar-refractivity contribution in [1.82, 2.24) is 5.32 Å². The fourth-order valence-electron chi connectivity index (χ4n) is 3.49. The molecule has 5 heteroatoms. The van der Waals surface area contributed by atoms with Crippen LogP contribution in [0.15, 0.2) is 18.2 Å². The lowest BCUT2D eigenvalue weighted by Gasteiger charge is -2.19. The van der Waals surface area contributed by atoms with Gasteiger partial charge in [-0.25, -0.2) is 0 Å². The number of fused-ring (bicyclic) bond motifs is 1. The molecule has 2 aliphatic rings. The van der Waals surface area contributed by atoms with Crippen molar-refractivity contribution in [2.75, 3.05) is 19.7 Å². The van der Waals surface area contributed by atoms with E-state index in [9.17, 15) is 5.11 Å². The second kappa shape index (κ2) is 6.98. The van der Waals surface area contributed by atoms with Gasteiger partial charge in [0, 0.05) is 5.56 Å². The van der Waals surface area contributed by atoms with Crippen LogP contribution in [0.4, 0.5) is 0 Å². The van der Waals surface area contributed by atoms with Crippen LogP contribution >= 0.6 is 11.6 Å². The van der Waals surface area contributed by atoms with E-state index in [-0.39, 0.29) is 6.61 Å². The van der Waals surface area contributed by atoms with E-state index in [4.69, 9.17) is 21.1 Å². The first kappa shape index (κ1) is 17.0. The summed E-state index contributed by atoms with van der Waals surface area (Å²) in [6.07, 6.45) is 2.62. The normalized spacial score (nSPS) is 27.2. The van der Waals surface area contributed by atoms with Crippen molar-refractivity contribution >= 4 is 11.6 Å². The van der Waals surface area contributed by atoms with Crippen LogP contribution in [0.25, 0.3) is 0 Å². The highest BCUT2D eigenvalue weighted by molar-refractivity contribution is 6.32. The van der Waals surface area contributed by atoms with Crippen molar-refractivity contribution in [2.45, 2.75) is 45.0 Å². The highest BCUT2D eigenvalue weighted by Gasteiger charge is 2.37. The van der Waals surface area contributed by atoms with Crippen LogP contribution in [0.5, 0.6) is 5.75 Å². The Labute approximate surface area is 143 Å². The minimum absolute atomic E-state index is 0.204. The molecule has 2 N–H and O–H groups in total. The zero-order valence-electron chi connectivity index (χ0n) is 13.8. The number of halogens is 1. The zero-order chi connectivity index (χ0) is 16.4. The van der Waals surface area contributed by atoms with E-state index in [1.165, 1.54) is 0 Å². The summed E-state index contributed by atoms with van der Waals surface area (Å²) >= 11 is 6.42. The maximum atomic E-state index is 9.77. The molecule has 3 rings (SSSR count). The van der Waals surface area contributed by atoms with Gasteiger partial charge in [-0.05, 0) is 57.7 Å². The molecule has 0 bridgehead atoms. The summed E-state index contributed by atoms with van der Waals surface area (Å²) in [6.45, 7) is 6.39.